The summed E-state index contributed by atoms with van der Waals surface area (Å²) in [7, 11) is 1.37. The van der Waals surface area contributed by atoms with E-state index in [9.17, 15) is 14.0 Å². The molecule has 0 atom stereocenters. The van der Waals surface area contributed by atoms with Gasteiger partial charge in [0.15, 0.2) is 11.6 Å². The number of carboxylic acid groups (broad SMARTS) is 1. The van der Waals surface area contributed by atoms with E-state index < -0.39 is 23.4 Å². The van der Waals surface area contributed by atoms with Crippen LogP contribution < -0.4 is 4.74 Å². The lowest BCUT2D eigenvalue weighted by molar-refractivity contribution is -0.130. The SMILES string of the molecule is CC(C)(C)C#CC(=O)O.COc1cc(-c2cc(C(=O)OC(C)(C)C)on2)ccc1F. The van der Waals surface area contributed by atoms with E-state index in [1.165, 1.54) is 31.4 Å². The number of carboxylic acids is 1. The minimum Gasteiger partial charge on any atom is -0.494 e. The van der Waals surface area contributed by atoms with Gasteiger partial charge < -0.3 is 19.1 Å². The molecule has 0 amide bonds. The third-order valence-corrected chi connectivity index (χ3v) is 3.10. The van der Waals surface area contributed by atoms with Crippen molar-refractivity contribution in [1.82, 2.24) is 5.16 Å². The van der Waals surface area contributed by atoms with E-state index in [1.807, 2.05) is 20.8 Å². The maximum atomic E-state index is 13.4. The molecule has 0 aliphatic heterocycles. The van der Waals surface area contributed by atoms with Crippen LogP contribution in [0.25, 0.3) is 11.3 Å². The van der Waals surface area contributed by atoms with Gasteiger partial charge in [-0.25, -0.2) is 14.0 Å². The Morgan fingerprint density at radius 1 is 1.13 bits per heavy atom. The van der Waals surface area contributed by atoms with Crippen LogP contribution >= 0.6 is 0 Å². The number of ether oxygens (including phenoxy) is 2. The summed E-state index contributed by atoms with van der Waals surface area (Å²) in [6, 6.07) is 5.71. The molecule has 0 bridgehead atoms. The lowest BCUT2D eigenvalue weighted by Crippen LogP contribution is -2.23. The standard InChI is InChI=1S/C15H16FNO4.C7H10O2/c1-15(2,3)20-14(18)13-8-11(17-21-13)9-5-6-10(16)12(7-9)19-4;1-7(2,3)5-4-6(8)9/h5-8H,1-4H3;1-3H3,(H,8,9). The van der Waals surface area contributed by atoms with E-state index in [-0.39, 0.29) is 16.9 Å². The molecule has 0 radical (unpaired) electrons. The second kappa shape index (κ2) is 9.92. The zero-order chi connectivity index (χ0) is 23.1. The second-order valence-electron chi connectivity index (χ2n) is 8.23. The molecule has 0 saturated heterocycles. The molecular weight excluding hydrogens is 393 g/mol. The molecule has 1 aromatic heterocycles. The first-order valence-electron chi connectivity index (χ1n) is 9.02. The van der Waals surface area contributed by atoms with Gasteiger partial charge in [0.1, 0.15) is 11.3 Å². The van der Waals surface area contributed by atoms with Gasteiger partial charge in [-0.15, -0.1) is 0 Å². The van der Waals surface area contributed by atoms with Crippen LogP contribution in [0, 0.1) is 23.1 Å². The summed E-state index contributed by atoms with van der Waals surface area (Å²) in [6.07, 6.45) is 0. The highest BCUT2D eigenvalue weighted by molar-refractivity contribution is 5.88. The number of benzene rings is 1. The van der Waals surface area contributed by atoms with Gasteiger partial charge in [0.05, 0.1) is 7.11 Å². The highest BCUT2D eigenvalue weighted by Crippen LogP contribution is 2.26. The molecule has 1 N–H and O–H groups in total. The van der Waals surface area contributed by atoms with Crippen LogP contribution in [0.4, 0.5) is 4.39 Å². The average molecular weight is 419 g/mol. The van der Waals surface area contributed by atoms with Gasteiger partial charge in [-0.3, -0.25) is 0 Å². The number of methoxy groups -OCH3 is 1. The summed E-state index contributed by atoms with van der Waals surface area (Å²) in [4.78, 5) is 21.7. The molecule has 0 fully saturated rings. The molecule has 0 spiro atoms. The van der Waals surface area contributed by atoms with Crippen LogP contribution in [0.2, 0.25) is 0 Å². The monoisotopic (exact) mass is 419 g/mol. The van der Waals surface area contributed by atoms with Crippen LogP contribution in [0.15, 0.2) is 28.8 Å². The maximum absolute atomic E-state index is 13.4. The molecule has 8 heteroatoms. The minimum absolute atomic E-state index is 0.0109. The molecule has 0 saturated carbocycles. The fourth-order valence-corrected chi connectivity index (χ4v) is 1.90. The second-order valence-corrected chi connectivity index (χ2v) is 8.23. The average Bonchev–Trinajstić information content (AvgIpc) is 3.09. The summed E-state index contributed by atoms with van der Waals surface area (Å²) in [5.74, 6) is 2.56. The third kappa shape index (κ3) is 8.78. The lowest BCUT2D eigenvalue weighted by Gasteiger charge is -2.17. The molecule has 7 nitrogen and oxygen atoms in total. The molecule has 0 aliphatic rings. The molecule has 162 valence electrons. The van der Waals surface area contributed by atoms with Crippen molar-refractivity contribution >= 4 is 11.9 Å². The Hall–Kier alpha value is -3.34. The van der Waals surface area contributed by atoms with Crippen molar-refractivity contribution in [2.45, 2.75) is 47.1 Å². The Morgan fingerprint density at radius 2 is 1.77 bits per heavy atom. The number of carbonyl (C=O) groups is 2. The van der Waals surface area contributed by atoms with Crippen molar-refractivity contribution in [3.63, 3.8) is 0 Å². The van der Waals surface area contributed by atoms with Gasteiger partial charge in [-0.1, -0.05) is 11.1 Å². The van der Waals surface area contributed by atoms with Gasteiger partial charge in [0.2, 0.25) is 5.76 Å². The Balaban J connectivity index is 0.000000424. The van der Waals surface area contributed by atoms with E-state index in [0.29, 0.717) is 11.3 Å². The molecule has 1 heterocycles. The number of carbonyl (C=O) groups excluding carboxylic acids is 1. The number of nitrogens with zero attached hydrogens (tertiary/aromatic N) is 1. The van der Waals surface area contributed by atoms with Gasteiger partial charge in [-0.05, 0) is 59.7 Å². The van der Waals surface area contributed by atoms with Gasteiger partial charge in [0, 0.05) is 23.0 Å². The normalized spacial score (nSPS) is 10.8. The molecular formula is C22H26FNO6. The number of esters is 1. The Labute approximate surface area is 175 Å². The summed E-state index contributed by atoms with van der Waals surface area (Å²) in [5, 5.41) is 11.9. The molecule has 2 rings (SSSR count). The first kappa shape index (κ1) is 24.7. The van der Waals surface area contributed by atoms with Gasteiger partial charge in [-0.2, -0.15) is 0 Å². The number of hydrogen-bond donors (Lipinski definition) is 1. The van der Waals surface area contributed by atoms with Crippen molar-refractivity contribution in [2.24, 2.45) is 5.41 Å². The lowest BCUT2D eigenvalue weighted by atomic mass is 9.98. The molecule has 1 aromatic carbocycles. The highest BCUT2D eigenvalue weighted by Gasteiger charge is 2.22. The summed E-state index contributed by atoms with van der Waals surface area (Å²) >= 11 is 0. The predicted molar refractivity (Wildman–Crippen MR) is 108 cm³/mol. The highest BCUT2D eigenvalue weighted by atomic mass is 19.1. The number of aliphatic carboxylic acids is 1. The smallest absolute Gasteiger partial charge is 0.381 e. The van der Waals surface area contributed by atoms with Crippen molar-refractivity contribution in [1.29, 1.82) is 0 Å². The fraction of sp³-hybridized carbons (Fsp3) is 0.409. The van der Waals surface area contributed by atoms with E-state index in [4.69, 9.17) is 19.1 Å². The van der Waals surface area contributed by atoms with Crippen molar-refractivity contribution < 1.29 is 33.1 Å². The number of halogens is 1. The van der Waals surface area contributed by atoms with Crippen molar-refractivity contribution in [3.8, 4) is 28.8 Å². The first-order chi connectivity index (χ1) is 13.7. The summed E-state index contributed by atoms with van der Waals surface area (Å²) < 4.78 is 28.4. The number of hydrogen-bond acceptors (Lipinski definition) is 6. The predicted octanol–water partition coefficient (Wildman–Crippen LogP) is 4.57. The third-order valence-electron chi connectivity index (χ3n) is 3.10. The van der Waals surface area contributed by atoms with E-state index >= 15 is 0 Å². The van der Waals surface area contributed by atoms with Crippen molar-refractivity contribution in [2.75, 3.05) is 7.11 Å². The Bertz CT molecular complexity index is 954. The molecule has 0 unspecified atom stereocenters. The molecule has 2 aromatic rings. The van der Waals surface area contributed by atoms with Crippen LogP contribution in [0.3, 0.4) is 0 Å². The summed E-state index contributed by atoms with van der Waals surface area (Å²) in [6.45, 7) is 10.9. The summed E-state index contributed by atoms with van der Waals surface area (Å²) in [5.41, 5.74) is 0.141. The van der Waals surface area contributed by atoms with Crippen molar-refractivity contribution in [3.05, 3.63) is 35.8 Å². The molecule has 30 heavy (non-hydrogen) atoms. The topological polar surface area (TPSA) is 98.9 Å². The molecule has 0 aliphatic carbocycles. The van der Waals surface area contributed by atoms with E-state index in [2.05, 4.69) is 17.0 Å². The van der Waals surface area contributed by atoms with Crippen LogP contribution in [-0.2, 0) is 9.53 Å². The minimum atomic E-state index is -1.06. The van der Waals surface area contributed by atoms with E-state index in [0.717, 1.165) is 0 Å². The first-order valence-corrected chi connectivity index (χ1v) is 9.02. The van der Waals surface area contributed by atoms with Crippen LogP contribution in [-0.4, -0.2) is 34.9 Å². The van der Waals surface area contributed by atoms with Crippen LogP contribution in [0.5, 0.6) is 5.75 Å². The Morgan fingerprint density at radius 3 is 2.23 bits per heavy atom. The number of rotatable bonds is 3. The Kier molecular flexibility index (Phi) is 8.17. The number of aromatic nitrogens is 1. The van der Waals surface area contributed by atoms with Gasteiger partial charge >= 0.3 is 11.9 Å². The quantitative estimate of drug-likeness (QED) is 0.575. The zero-order valence-electron chi connectivity index (χ0n) is 18.1. The van der Waals surface area contributed by atoms with Crippen LogP contribution in [0.1, 0.15) is 52.1 Å². The maximum Gasteiger partial charge on any atom is 0.381 e. The van der Waals surface area contributed by atoms with E-state index in [1.54, 1.807) is 20.8 Å². The van der Waals surface area contributed by atoms with Gasteiger partial charge in [0.25, 0.3) is 0 Å². The fourth-order valence-electron chi connectivity index (χ4n) is 1.90. The zero-order valence-corrected chi connectivity index (χ0v) is 18.1. The largest absolute Gasteiger partial charge is 0.494 e.